The van der Waals surface area contributed by atoms with Gasteiger partial charge in [-0.2, -0.15) is 4.90 Å². The van der Waals surface area contributed by atoms with Crippen LogP contribution in [0.2, 0.25) is 0 Å². The minimum Gasteiger partial charge on any atom is -0.443 e. The minimum absolute atomic E-state index is 0.0498. The zero-order valence-electron chi connectivity index (χ0n) is 15.5. The first kappa shape index (κ1) is 18.5. The Labute approximate surface area is 152 Å². The second-order valence-electron chi connectivity index (χ2n) is 7.79. The second kappa shape index (κ2) is 6.48. The van der Waals surface area contributed by atoms with Crippen LogP contribution >= 0.6 is 0 Å². The summed E-state index contributed by atoms with van der Waals surface area (Å²) in [5.74, 6) is -1.21. The van der Waals surface area contributed by atoms with E-state index in [1.165, 1.54) is 0 Å². The quantitative estimate of drug-likeness (QED) is 0.773. The summed E-state index contributed by atoms with van der Waals surface area (Å²) in [5.41, 5.74) is 1.96. The molecule has 2 aliphatic heterocycles. The van der Waals surface area contributed by atoms with Crippen LogP contribution < -0.4 is 0 Å². The van der Waals surface area contributed by atoms with Crippen molar-refractivity contribution in [1.29, 1.82) is 0 Å². The molecule has 1 N–H and O–H groups in total. The maximum atomic E-state index is 12.9. The van der Waals surface area contributed by atoms with Crippen LogP contribution in [0.4, 0.5) is 4.79 Å². The number of imide groups is 3. The number of rotatable bonds is 1. The standard InChI is InChI=1S/C19H24N2O5/c1-11-6-5-7-12-13(11)10-20(16(12)23)14-8-9-15(22)21(17(14)24)18(25)26-19(2,3)4/h5-7,14,16,23H,8-10H2,1-4H3. The summed E-state index contributed by atoms with van der Waals surface area (Å²) >= 11 is 0. The Morgan fingerprint density at radius 1 is 1.27 bits per heavy atom. The average Bonchev–Trinajstić information content (AvgIpc) is 2.84. The van der Waals surface area contributed by atoms with E-state index in [9.17, 15) is 19.5 Å². The molecule has 7 nitrogen and oxygen atoms in total. The highest BCUT2D eigenvalue weighted by atomic mass is 16.6. The number of carbonyl (C=O) groups is 3. The summed E-state index contributed by atoms with van der Waals surface area (Å²) in [6.45, 7) is 7.37. The monoisotopic (exact) mass is 360 g/mol. The van der Waals surface area contributed by atoms with Gasteiger partial charge in [-0.25, -0.2) is 4.79 Å². The number of fused-ring (bicyclic) bond motifs is 1. The molecule has 26 heavy (non-hydrogen) atoms. The molecule has 2 unspecified atom stereocenters. The number of likely N-dealkylation sites (tertiary alicyclic amines) is 1. The van der Waals surface area contributed by atoms with Crippen LogP contribution in [0.15, 0.2) is 18.2 Å². The Balaban J connectivity index is 1.84. The molecule has 0 bridgehead atoms. The summed E-state index contributed by atoms with van der Waals surface area (Å²) in [5, 5.41) is 10.7. The number of hydrogen-bond acceptors (Lipinski definition) is 6. The van der Waals surface area contributed by atoms with Crippen molar-refractivity contribution in [2.24, 2.45) is 0 Å². The summed E-state index contributed by atoms with van der Waals surface area (Å²) in [7, 11) is 0. The van der Waals surface area contributed by atoms with Crippen LogP contribution in [0, 0.1) is 6.92 Å². The number of aryl methyl sites for hydroxylation is 1. The van der Waals surface area contributed by atoms with Gasteiger partial charge in [0.25, 0.3) is 5.91 Å². The van der Waals surface area contributed by atoms with E-state index in [0.717, 1.165) is 16.7 Å². The molecule has 1 saturated heterocycles. The molecule has 0 saturated carbocycles. The molecular weight excluding hydrogens is 336 g/mol. The third-order valence-electron chi connectivity index (χ3n) is 4.74. The van der Waals surface area contributed by atoms with Crippen LogP contribution in [-0.2, 0) is 20.9 Å². The zero-order valence-corrected chi connectivity index (χ0v) is 15.5. The lowest BCUT2D eigenvalue weighted by atomic mass is 10.0. The van der Waals surface area contributed by atoms with E-state index in [4.69, 9.17) is 4.74 Å². The van der Waals surface area contributed by atoms with Crippen molar-refractivity contribution in [3.05, 3.63) is 34.9 Å². The maximum Gasteiger partial charge on any atom is 0.424 e. The summed E-state index contributed by atoms with van der Waals surface area (Å²) in [6, 6.07) is 4.90. The summed E-state index contributed by atoms with van der Waals surface area (Å²) in [6.07, 6.45) is -1.58. The number of benzene rings is 1. The van der Waals surface area contributed by atoms with Crippen LogP contribution in [0.3, 0.4) is 0 Å². The van der Waals surface area contributed by atoms with Gasteiger partial charge in [-0.3, -0.25) is 14.5 Å². The Kier molecular flexibility index (Phi) is 4.62. The summed E-state index contributed by atoms with van der Waals surface area (Å²) < 4.78 is 5.20. The Hall–Kier alpha value is -2.25. The highest BCUT2D eigenvalue weighted by Crippen LogP contribution is 2.37. The fourth-order valence-electron chi connectivity index (χ4n) is 3.49. The second-order valence-corrected chi connectivity index (χ2v) is 7.79. The van der Waals surface area contributed by atoms with Crippen molar-refractivity contribution in [3.8, 4) is 0 Å². The molecule has 2 heterocycles. The molecule has 7 heteroatoms. The molecule has 140 valence electrons. The number of ether oxygens (including phenoxy) is 1. The molecule has 3 amide bonds. The lowest BCUT2D eigenvalue weighted by Gasteiger charge is -2.36. The van der Waals surface area contributed by atoms with Gasteiger partial charge in [-0.1, -0.05) is 18.2 Å². The van der Waals surface area contributed by atoms with Gasteiger partial charge in [0, 0.05) is 18.5 Å². The molecule has 0 spiro atoms. The van der Waals surface area contributed by atoms with Crippen molar-refractivity contribution in [2.75, 3.05) is 0 Å². The Morgan fingerprint density at radius 2 is 1.96 bits per heavy atom. The zero-order chi connectivity index (χ0) is 19.2. The first-order valence-corrected chi connectivity index (χ1v) is 8.72. The first-order chi connectivity index (χ1) is 12.1. The topological polar surface area (TPSA) is 87.2 Å². The normalized spacial score (nSPS) is 24.0. The highest BCUT2D eigenvalue weighted by molar-refractivity contribution is 6.12. The fraction of sp³-hybridized carbons (Fsp3) is 0.526. The summed E-state index contributed by atoms with van der Waals surface area (Å²) in [4.78, 5) is 39.6. The van der Waals surface area contributed by atoms with Crippen LogP contribution in [0.25, 0.3) is 0 Å². The van der Waals surface area contributed by atoms with Crippen LogP contribution in [0.1, 0.15) is 56.5 Å². The molecule has 2 aliphatic rings. The molecule has 1 aromatic carbocycles. The largest absolute Gasteiger partial charge is 0.443 e. The molecule has 1 aromatic rings. The van der Waals surface area contributed by atoms with Crippen LogP contribution in [0.5, 0.6) is 0 Å². The van der Waals surface area contributed by atoms with Gasteiger partial charge < -0.3 is 9.84 Å². The Bertz CT molecular complexity index is 768. The number of piperidine rings is 1. The number of aliphatic hydroxyl groups is 1. The SMILES string of the molecule is Cc1cccc2c1CN(C1CCC(=O)N(C(=O)OC(C)(C)C)C1=O)C2O. The molecule has 1 fully saturated rings. The lowest BCUT2D eigenvalue weighted by Crippen LogP contribution is -2.56. The van der Waals surface area contributed by atoms with E-state index in [2.05, 4.69) is 0 Å². The van der Waals surface area contributed by atoms with Crippen molar-refractivity contribution in [1.82, 2.24) is 9.80 Å². The van der Waals surface area contributed by atoms with Gasteiger partial charge in [0.2, 0.25) is 5.91 Å². The Morgan fingerprint density at radius 3 is 2.58 bits per heavy atom. The van der Waals surface area contributed by atoms with E-state index in [1.54, 1.807) is 25.7 Å². The molecule has 0 radical (unpaired) electrons. The van der Waals surface area contributed by atoms with E-state index < -0.39 is 35.8 Å². The maximum absolute atomic E-state index is 12.9. The molecular formula is C19H24N2O5. The predicted octanol–water partition coefficient (Wildman–Crippen LogP) is 2.25. The molecule has 2 atom stereocenters. The highest BCUT2D eigenvalue weighted by Gasteiger charge is 2.46. The van der Waals surface area contributed by atoms with Gasteiger partial charge in [0.15, 0.2) is 0 Å². The first-order valence-electron chi connectivity index (χ1n) is 8.72. The predicted molar refractivity (Wildman–Crippen MR) is 92.8 cm³/mol. The number of hydrogen-bond donors (Lipinski definition) is 1. The van der Waals surface area contributed by atoms with E-state index >= 15 is 0 Å². The van der Waals surface area contributed by atoms with Gasteiger partial charge in [0.1, 0.15) is 11.8 Å². The number of nitrogens with zero attached hydrogens (tertiary/aromatic N) is 2. The van der Waals surface area contributed by atoms with E-state index in [0.29, 0.717) is 11.4 Å². The average molecular weight is 360 g/mol. The van der Waals surface area contributed by atoms with Crippen molar-refractivity contribution in [3.63, 3.8) is 0 Å². The van der Waals surface area contributed by atoms with Crippen molar-refractivity contribution >= 4 is 17.9 Å². The van der Waals surface area contributed by atoms with Crippen molar-refractivity contribution in [2.45, 2.75) is 65.0 Å². The third kappa shape index (κ3) is 3.24. The van der Waals surface area contributed by atoms with Crippen molar-refractivity contribution < 1.29 is 24.2 Å². The molecule has 3 rings (SSSR count). The smallest absolute Gasteiger partial charge is 0.424 e. The minimum atomic E-state index is -0.959. The fourth-order valence-corrected chi connectivity index (χ4v) is 3.49. The van der Waals surface area contributed by atoms with E-state index in [-0.39, 0.29) is 12.8 Å². The number of aliphatic hydroxyl groups excluding tert-OH is 1. The number of carbonyl (C=O) groups excluding carboxylic acids is 3. The van der Waals surface area contributed by atoms with Gasteiger partial charge in [-0.05, 0) is 45.2 Å². The van der Waals surface area contributed by atoms with Crippen LogP contribution in [-0.4, -0.2) is 44.5 Å². The van der Waals surface area contributed by atoms with Gasteiger partial charge in [0.05, 0.1) is 6.04 Å². The van der Waals surface area contributed by atoms with Gasteiger partial charge in [-0.15, -0.1) is 0 Å². The third-order valence-corrected chi connectivity index (χ3v) is 4.74. The lowest BCUT2D eigenvalue weighted by molar-refractivity contribution is -0.155. The molecule has 0 aromatic heterocycles. The molecule has 0 aliphatic carbocycles. The van der Waals surface area contributed by atoms with E-state index in [1.807, 2.05) is 25.1 Å². The van der Waals surface area contributed by atoms with Gasteiger partial charge >= 0.3 is 6.09 Å². The number of amides is 3.